The summed E-state index contributed by atoms with van der Waals surface area (Å²) in [6.45, 7) is 4.52. The number of aromatic nitrogens is 3. The van der Waals surface area contributed by atoms with Crippen LogP contribution < -0.4 is 10.6 Å². The van der Waals surface area contributed by atoms with Crippen molar-refractivity contribution in [2.75, 3.05) is 18.4 Å². The molecule has 0 aromatic carbocycles. The van der Waals surface area contributed by atoms with Gasteiger partial charge < -0.3 is 10.6 Å². The van der Waals surface area contributed by atoms with Gasteiger partial charge in [0.2, 0.25) is 0 Å². The predicted octanol–water partition coefficient (Wildman–Crippen LogP) is 1.20. The van der Waals surface area contributed by atoms with Gasteiger partial charge in [-0.25, -0.2) is 4.98 Å². The molecule has 0 fully saturated rings. The maximum absolute atomic E-state index is 11.9. The predicted molar refractivity (Wildman–Crippen MR) is 81.3 cm³/mol. The van der Waals surface area contributed by atoms with Crippen molar-refractivity contribution in [3.8, 4) is 6.07 Å². The van der Waals surface area contributed by atoms with E-state index in [1.807, 2.05) is 25.1 Å². The summed E-state index contributed by atoms with van der Waals surface area (Å²) in [4.78, 5) is 16.1. The average molecular weight is 296 g/mol. The second-order valence-corrected chi connectivity index (χ2v) is 4.68. The number of nitrogens with zero attached hydrogens (tertiary/aromatic N) is 4. The van der Waals surface area contributed by atoms with E-state index in [2.05, 4.69) is 25.8 Å². The Bertz CT molecular complexity index is 705. The minimum atomic E-state index is -0.274. The molecule has 22 heavy (non-hydrogen) atoms. The number of hydrogen-bond acceptors (Lipinski definition) is 6. The lowest BCUT2D eigenvalue weighted by Gasteiger charge is -2.07. The second kappa shape index (κ2) is 7.13. The Kier molecular flexibility index (Phi) is 4.98. The quantitative estimate of drug-likeness (QED) is 0.804. The molecule has 0 atom stereocenters. The molecule has 2 heterocycles. The summed E-state index contributed by atoms with van der Waals surface area (Å²) in [6.07, 6.45) is 0. The highest BCUT2D eigenvalue weighted by Gasteiger charge is 2.08. The van der Waals surface area contributed by atoms with Crippen molar-refractivity contribution in [3.63, 3.8) is 0 Å². The molecule has 0 saturated carbocycles. The number of carbonyl (C=O) groups excluding carboxylic acids is 1. The highest BCUT2D eigenvalue weighted by atomic mass is 16.1. The third-order valence-corrected chi connectivity index (χ3v) is 2.95. The van der Waals surface area contributed by atoms with Gasteiger partial charge in [-0.3, -0.25) is 4.79 Å². The largest absolute Gasteiger partial charge is 0.367 e. The summed E-state index contributed by atoms with van der Waals surface area (Å²) in [5, 5.41) is 22.5. The summed E-state index contributed by atoms with van der Waals surface area (Å²) in [6, 6.07) is 8.84. The zero-order valence-electron chi connectivity index (χ0n) is 12.4. The Morgan fingerprint density at radius 3 is 2.64 bits per heavy atom. The first-order valence-corrected chi connectivity index (χ1v) is 6.80. The minimum absolute atomic E-state index is 0.274. The third kappa shape index (κ3) is 3.99. The summed E-state index contributed by atoms with van der Waals surface area (Å²) in [5.41, 5.74) is 2.16. The SMILES string of the molecule is Cc1ccc(NCCNC(=O)c2ccc(C#N)c(C)n2)nn1. The Hall–Kier alpha value is -3.01. The van der Waals surface area contributed by atoms with Crippen LogP contribution in [0.4, 0.5) is 5.82 Å². The summed E-state index contributed by atoms with van der Waals surface area (Å²) in [7, 11) is 0. The number of amides is 1. The molecule has 0 aliphatic carbocycles. The summed E-state index contributed by atoms with van der Waals surface area (Å²) < 4.78 is 0. The van der Waals surface area contributed by atoms with Crippen LogP contribution in [0.25, 0.3) is 0 Å². The number of carbonyl (C=O) groups is 1. The van der Waals surface area contributed by atoms with Gasteiger partial charge in [0.1, 0.15) is 17.6 Å². The van der Waals surface area contributed by atoms with Crippen LogP contribution in [0.3, 0.4) is 0 Å². The van der Waals surface area contributed by atoms with Crippen molar-refractivity contribution in [1.29, 1.82) is 5.26 Å². The smallest absolute Gasteiger partial charge is 0.269 e. The molecule has 2 N–H and O–H groups in total. The summed E-state index contributed by atoms with van der Waals surface area (Å²) in [5.74, 6) is 0.386. The normalized spacial score (nSPS) is 9.86. The van der Waals surface area contributed by atoms with Gasteiger partial charge in [-0.15, -0.1) is 5.10 Å². The van der Waals surface area contributed by atoms with E-state index in [1.165, 1.54) is 0 Å². The van der Waals surface area contributed by atoms with Crippen LogP contribution in [0.5, 0.6) is 0 Å². The molecule has 2 aromatic heterocycles. The van der Waals surface area contributed by atoms with Crippen molar-refractivity contribution < 1.29 is 4.79 Å². The van der Waals surface area contributed by atoms with Crippen LogP contribution in [0.15, 0.2) is 24.3 Å². The van der Waals surface area contributed by atoms with E-state index in [4.69, 9.17) is 5.26 Å². The van der Waals surface area contributed by atoms with Gasteiger partial charge in [-0.05, 0) is 38.1 Å². The molecular weight excluding hydrogens is 280 g/mol. The molecule has 0 bridgehead atoms. The first-order chi connectivity index (χ1) is 10.6. The fourth-order valence-electron chi connectivity index (χ4n) is 1.76. The highest BCUT2D eigenvalue weighted by molar-refractivity contribution is 5.92. The molecule has 0 aliphatic rings. The average Bonchev–Trinajstić information content (AvgIpc) is 2.53. The van der Waals surface area contributed by atoms with Gasteiger partial charge in [0, 0.05) is 13.1 Å². The van der Waals surface area contributed by atoms with E-state index in [0.29, 0.717) is 35.9 Å². The molecule has 112 valence electrons. The van der Waals surface area contributed by atoms with Crippen molar-refractivity contribution in [3.05, 3.63) is 46.9 Å². The third-order valence-electron chi connectivity index (χ3n) is 2.95. The van der Waals surface area contributed by atoms with Gasteiger partial charge >= 0.3 is 0 Å². The van der Waals surface area contributed by atoms with E-state index < -0.39 is 0 Å². The number of hydrogen-bond donors (Lipinski definition) is 2. The number of pyridine rings is 1. The first kappa shape index (κ1) is 15.4. The zero-order chi connectivity index (χ0) is 15.9. The zero-order valence-corrected chi connectivity index (χ0v) is 12.4. The number of aryl methyl sites for hydroxylation is 2. The van der Waals surface area contributed by atoms with Crippen LogP contribution in [-0.2, 0) is 0 Å². The van der Waals surface area contributed by atoms with Gasteiger partial charge in [-0.2, -0.15) is 10.4 Å². The van der Waals surface area contributed by atoms with Gasteiger partial charge in [0.15, 0.2) is 0 Å². The minimum Gasteiger partial charge on any atom is -0.367 e. The molecule has 2 aromatic rings. The summed E-state index contributed by atoms with van der Waals surface area (Å²) >= 11 is 0. The Morgan fingerprint density at radius 1 is 1.18 bits per heavy atom. The molecule has 0 radical (unpaired) electrons. The fraction of sp³-hybridized carbons (Fsp3) is 0.267. The molecule has 2 rings (SSSR count). The van der Waals surface area contributed by atoms with Crippen molar-refractivity contribution in [2.24, 2.45) is 0 Å². The van der Waals surface area contributed by atoms with Gasteiger partial charge in [-0.1, -0.05) is 0 Å². The van der Waals surface area contributed by atoms with Crippen LogP contribution in [-0.4, -0.2) is 34.2 Å². The first-order valence-electron chi connectivity index (χ1n) is 6.80. The molecular formula is C15H16N6O. The van der Waals surface area contributed by atoms with Crippen molar-refractivity contribution in [1.82, 2.24) is 20.5 Å². The number of nitrogens with one attached hydrogen (secondary N) is 2. The lowest BCUT2D eigenvalue weighted by Crippen LogP contribution is -2.29. The van der Waals surface area contributed by atoms with Crippen molar-refractivity contribution >= 4 is 11.7 Å². The maximum Gasteiger partial charge on any atom is 0.269 e. The number of nitriles is 1. The lowest BCUT2D eigenvalue weighted by molar-refractivity contribution is 0.0950. The molecule has 7 heteroatoms. The molecule has 0 unspecified atom stereocenters. The van der Waals surface area contributed by atoms with Gasteiger partial charge in [0.05, 0.1) is 17.0 Å². The molecule has 1 amide bonds. The van der Waals surface area contributed by atoms with E-state index in [1.54, 1.807) is 19.1 Å². The lowest BCUT2D eigenvalue weighted by atomic mass is 10.2. The standard InChI is InChI=1S/C15H16N6O/c1-10-3-6-14(21-20-10)17-7-8-18-15(22)13-5-4-12(9-16)11(2)19-13/h3-6H,7-8H2,1-2H3,(H,17,21)(H,18,22). The Balaban J connectivity index is 1.82. The van der Waals surface area contributed by atoms with Crippen LogP contribution >= 0.6 is 0 Å². The van der Waals surface area contributed by atoms with Crippen LogP contribution in [0, 0.1) is 25.2 Å². The van der Waals surface area contributed by atoms with E-state index in [-0.39, 0.29) is 5.91 Å². The monoisotopic (exact) mass is 296 g/mol. The van der Waals surface area contributed by atoms with Crippen LogP contribution in [0.1, 0.15) is 27.4 Å². The highest BCUT2D eigenvalue weighted by Crippen LogP contribution is 2.05. The van der Waals surface area contributed by atoms with Crippen LogP contribution in [0.2, 0.25) is 0 Å². The Labute approximate surface area is 128 Å². The van der Waals surface area contributed by atoms with Gasteiger partial charge in [0.25, 0.3) is 5.91 Å². The maximum atomic E-state index is 11.9. The topological polar surface area (TPSA) is 104 Å². The molecule has 7 nitrogen and oxygen atoms in total. The van der Waals surface area contributed by atoms with E-state index >= 15 is 0 Å². The molecule has 0 saturated heterocycles. The van der Waals surface area contributed by atoms with Crippen molar-refractivity contribution in [2.45, 2.75) is 13.8 Å². The van der Waals surface area contributed by atoms with E-state index in [0.717, 1.165) is 5.69 Å². The number of anilines is 1. The van der Waals surface area contributed by atoms with E-state index in [9.17, 15) is 4.79 Å². The second-order valence-electron chi connectivity index (χ2n) is 4.68. The fourth-order valence-corrected chi connectivity index (χ4v) is 1.76. The number of rotatable bonds is 5. The Morgan fingerprint density at radius 2 is 2.00 bits per heavy atom. The molecule has 0 spiro atoms. The molecule has 0 aliphatic heterocycles.